The van der Waals surface area contributed by atoms with Crippen LogP contribution in [0.5, 0.6) is 0 Å². The highest BCUT2D eigenvalue weighted by Crippen LogP contribution is 2.17. The first-order chi connectivity index (χ1) is 34.4. The number of hydrogen-bond donors (Lipinski definition) is 0. The van der Waals surface area contributed by atoms with Gasteiger partial charge in [-0.1, -0.05) is 218 Å². The van der Waals surface area contributed by atoms with Crippen LogP contribution in [0.15, 0.2) is 0 Å². The molecule has 70 heavy (non-hydrogen) atoms. The Balaban J connectivity index is 4.39. The van der Waals surface area contributed by atoms with Gasteiger partial charge in [0.15, 0.2) is 0 Å². The molecule has 0 bridgehead atoms. The van der Waals surface area contributed by atoms with Gasteiger partial charge in [-0.3, -0.25) is 14.5 Å². The molecule has 0 aromatic rings. The maximum atomic E-state index is 13.3. The quantitative estimate of drug-likeness (QED) is 0.0450. The van der Waals surface area contributed by atoms with Gasteiger partial charge >= 0.3 is 0 Å². The maximum absolute atomic E-state index is 13.3. The van der Waals surface area contributed by atoms with Gasteiger partial charge in [-0.05, 0) is 118 Å². The van der Waals surface area contributed by atoms with Crippen LogP contribution in [0.2, 0.25) is 0 Å². The van der Waals surface area contributed by atoms with E-state index in [1.165, 1.54) is 198 Å². The van der Waals surface area contributed by atoms with Crippen LogP contribution in [0, 0.1) is 41.8 Å². The van der Waals surface area contributed by atoms with Crippen LogP contribution in [-0.4, -0.2) is 83.8 Å². The summed E-state index contributed by atoms with van der Waals surface area (Å²) in [5.74, 6) is 0.766. The summed E-state index contributed by atoms with van der Waals surface area (Å²) in [6, 6.07) is 0. The van der Waals surface area contributed by atoms with Crippen molar-refractivity contribution in [3.63, 3.8) is 0 Å². The normalized spacial score (nSPS) is 11.7. The molecule has 6 nitrogen and oxygen atoms in total. The van der Waals surface area contributed by atoms with Gasteiger partial charge in [-0.25, -0.2) is 0 Å². The molecule has 0 rings (SSSR count). The Hall–Kier alpha value is -1.14. The third kappa shape index (κ3) is 50.4. The Kier molecular flexibility index (Phi) is 56.2. The summed E-state index contributed by atoms with van der Waals surface area (Å²) in [5, 5.41) is 0. The predicted molar refractivity (Wildman–Crippen MR) is 304 cm³/mol. The Morgan fingerprint density at radius 1 is 0.229 bits per heavy atom. The summed E-state index contributed by atoms with van der Waals surface area (Å²) in [6.07, 6.45) is 55.8. The molecule has 12 radical (unpaired) electrons. The molecular weight excluding hydrogens is 857 g/mol. The summed E-state index contributed by atoms with van der Waals surface area (Å²) >= 11 is 0. The highest BCUT2D eigenvalue weighted by Gasteiger charge is 2.15. The number of hydrogen-bond acceptors (Lipinski definition) is 4. The highest BCUT2D eigenvalue weighted by atomic mass is 16.2. The number of amides is 2. The first-order valence-electron chi connectivity index (χ1n) is 30.7. The average molecular weight is 976 g/mol. The minimum absolute atomic E-state index is 0.383. The first kappa shape index (κ1) is 68.9. The summed E-state index contributed by atoms with van der Waals surface area (Å²) in [5.41, 5.74) is 0. The molecule has 0 heterocycles. The van der Waals surface area contributed by atoms with Crippen molar-refractivity contribution in [2.75, 3.05) is 52.4 Å². The first-order valence-corrected chi connectivity index (χ1v) is 30.7. The van der Waals surface area contributed by atoms with Crippen LogP contribution < -0.4 is 0 Å². The molecule has 6 heteroatoms. The van der Waals surface area contributed by atoms with Gasteiger partial charge in [0.25, 0.3) is 0 Å². The van der Waals surface area contributed by atoms with E-state index in [1.54, 1.807) is 0 Å². The topological polar surface area (TPSA) is 47.1 Å². The van der Waals surface area contributed by atoms with E-state index in [2.05, 4.69) is 14.7 Å². The fourth-order valence-electron chi connectivity index (χ4n) is 9.95. The van der Waals surface area contributed by atoms with Crippen LogP contribution in [0.4, 0.5) is 0 Å². The predicted octanol–water partition coefficient (Wildman–Crippen LogP) is 18.2. The lowest BCUT2D eigenvalue weighted by Crippen LogP contribution is -2.32. The standard InChI is InChI=1S/C64H118N4O2/c1-7-11-15-19-23-33-41-49-57-67(58-50-42-34-24-20-16-12-8-2)63(69)53-45-37-29-27-31-39-47-55-66(62-61-65(5)6)56-48-40-32-28-30-38-46-54-64(70)68(59-51-43-35-25-21-17-13-9-3)60-52-44-36-26-22-18-14-10-4/h1-6H,7-62H2. The van der Waals surface area contributed by atoms with Gasteiger partial charge in [-0.15, -0.1) is 0 Å². The number of nitrogens with zero attached hydrogens (tertiary/aromatic N) is 4. The minimum atomic E-state index is 0.383. The Morgan fingerprint density at radius 2 is 0.429 bits per heavy atom. The molecule has 0 saturated carbocycles. The highest BCUT2D eigenvalue weighted by molar-refractivity contribution is 5.76. The largest absolute Gasteiger partial charge is 0.343 e. The van der Waals surface area contributed by atoms with Gasteiger partial charge in [0.1, 0.15) is 0 Å². The molecule has 406 valence electrons. The molecule has 0 fully saturated rings. The van der Waals surface area contributed by atoms with E-state index < -0.39 is 0 Å². The Labute approximate surface area is 441 Å². The third-order valence-corrected chi connectivity index (χ3v) is 14.6. The van der Waals surface area contributed by atoms with Crippen LogP contribution >= 0.6 is 0 Å². The molecule has 0 aromatic carbocycles. The second kappa shape index (κ2) is 57.1. The van der Waals surface area contributed by atoms with Crippen LogP contribution in [0.3, 0.4) is 0 Å². The lowest BCUT2D eigenvalue weighted by Gasteiger charge is -2.24. The van der Waals surface area contributed by atoms with Crippen LogP contribution in [-0.2, 0) is 9.59 Å². The Morgan fingerprint density at radius 3 is 0.657 bits per heavy atom. The maximum Gasteiger partial charge on any atom is 0.222 e. The van der Waals surface area contributed by atoms with E-state index in [1.807, 2.05) is 0 Å². The van der Waals surface area contributed by atoms with Crippen molar-refractivity contribution in [3.8, 4) is 0 Å². The molecule has 0 spiro atoms. The summed E-state index contributed by atoms with van der Waals surface area (Å²) in [7, 11) is 11.6. The van der Waals surface area contributed by atoms with Crippen molar-refractivity contribution < 1.29 is 9.59 Å². The van der Waals surface area contributed by atoms with E-state index in [9.17, 15) is 9.59 Å². The van der Waals surface area contributed by atoms with Crippen molar-refractivity contribution in [3.05, 3.63) is 41.8 Å². The second-order valence-electron chi connectivity index (χ2n) is 21.3. The minimum Gasteiger partial charge on any atom is -0.343 e. The Bertz CT molecular complexity index is 923. The number of carbonyl (C=O) groups excluding carboxylic acids is 2. The van der Waals surface area contributed by atoms with Gasteiger partial charge in [0.2, 0.25) is 11.8 Å². The van der Waals surface area contributed by atoms with Gasteiger partial charge < -0.3 is 14.7 Å². The van der Waals surface area contributed by atoms with E-state index in [0.29, 0.717) is 31.2 Å². The molecule has 0 atom stereocenters. The lowest BCUT2D eigenvalue weighted by molar-refractivity contribution is -0.132. The fraction of sp³-hybridized carbons (Fsp3) is 0.875. The molecule has 0 aliphatic carbocycles. The summed E-state index contributed by atoms with van der Waals surface area (Å²) in [6.45, 7) is 30.1. The zero-order valence-corrected chi connectivity index (χ0v) is 46.7. The zero-order chi connectivity index (χ0) is 51.1. The second-order valence-corrected chi connectivity index (χ2v) is 21.3. The van der Waals surface area contributed by atoms with Gasteiger partial charge in [0.05, 0.1) is 0 Å². The molecule has 0 unspecified atom stereocenters. The van der Waals surface area contributed by atoms with Crippen molar-refractivity contribution in [1.82, 2.24) is 19.6 Å². The molecular formula is C64H118N4O2. The van der Waals surface area contributed by atoms with Crippen molar-refractivity contribution >= 4 is 11.8 Å². The summed E-state index contributed by atoms with van der Waals surface area (Å²) in [4.78, 5) is 35.0. The molecule has 0 saturated heterocycles. The zero-order valence-electron chi connectivity index (χ0n) is 46.7. The van der Waals surface area contributed by atoms with E-state index in [0.717, 1.165) is 149 Å². The summed E-state index contributed by atoms with van der Waals surface area (Å²) < 4.78 is 0. The molecule has 0 aromatic heterocycles. The number of carbonyl (C=O) groups is 2. The van der Waals surface area contributed by atoms with Crippen LogP contribution in [0.1, 0.15) is 308 Å². The molecule has 0 aliphatic heterocycles. The van der Waals surface area contributed by atoms with Crippen LogP contribution in [0.25, 0.3) is 0 Å². The van der Waals surface area contributed by atoms with E-state index in [4.69, 9.17) is 41.8 Å². The average Bonchev–Trinajstić information content (AvgIpc) is 3.35. The molecule has 2 amide bonds. The molecule has 0 N–H and O–H groups in total. The smallest absolute Gasteiger partial charge is 0.222 e. The third-order valence-electron chi connectivity index (χ3n) is 14.6. The van der Waals surface area contributed by atoms with Crippen molar-refractivity contribution in [2.45, 2.75) is 308 Å². The fourth-order valence-corrected chi connectivity index (χ4v) is 9.95. The van der Waals surface area contributed by atoms with Crippen molar-refractivity contribution in [1.29, 1.82) is 0 Å². The molecule has 0 aliphatic rings. The van der Waals surface area contributed by atoms with Gasteiger partial charge in [0, 0.05) is 66.2 Å². The van der Waals surface area contributed by atoms with E-state index in [-0.39, 0.29) is 0 Å². The number of rotatable bonds is 59. The lowest BCUT2D eigenvalue weighted by atomic mass is 10.1. The van der Waals surface area contributed by atoms with Crippen molar-refractivity contribution in [2.24, 2.45) is 0 Å². The van der Waals surface area contributed by atoms with Gasteiger partial charge in [-0.2, -0.15) is 0 Å². The monoisotopic (exact) mass is 975 g/mol. The SMILES string of the molecule is [CH]CCCCCCCCCN(CCCCCCCCC[CH])C(=O)CCCCCCCCCN(CCCCCCCCCC(=O)N(CCCCCCCCC[CH])CCCCCCCCC[CH])CCN([CH])[CH]. The van der Waals surface area contributed by atoms with E-state index >= 15 is 0 Å². The number of unbranched alkanes of at least 4 members (excludes halogenated alkanes) is 40.